The molecule has 0 bridgehead atoms. The molecule has 0 aromatic heterocycles. The van der Waals surface area contributed by atoms with Gasteiger partial charge >= 0.3 is 0 Å². The van der Waals surface area contributed by atoms with Crippen molar-refractivity contribution in [1.82, 2.24) is 0 Å². The number of nitrogens with two attached hydrogens (primary N) is 1. The van der Waals surface area contributed by atoms with Crippen molar-refractivity contribution in [1.29, 1.82) is 0 Å². The van der Waals surface area contributed by atoms with Crippen LogP contribution in [0.15, 0.2) is 40.9 Å². The SMILES string of the molecule is Cc1cc(C(=O)Nc2ccc(Br)c(N)c2)ccc1Cl. The normalized spacial score (nSPS) is 10.3. The molecule has 0 aliphatic heterocycles. The van der Waals surface area contributed by atoms with E-state index in [1.807, 2.05) is 6.92 Å². The molecule has 0 spiro atoms. The third-order valence-corrected chi connectivity index (χ3v) is 3.82. The van der Waals surface area contributed by atoms with E-state index in [0.717, 1.165) is 10.0 Å². The number of hydrogen-bond donors (Lipinski definition) is 2. The quantitative estimate of drug-likeness (QED) is 0.804. The van der Waals surface area contributed by atoms with Crippen LogP contribution in [0.5, 0.6) is 0 Å². The van der Waals surface area contributed by atoms with E-state index >= 15 is 0 Å². The Balaban J connectivity index is 2.20. The fourth-order valence-electron chi connectivity index (χ4n) is 1.61. The fourth-order valence-corrected chi connectivity index (χ4v) is 1.97. The summed E-state index contributed by atoms with van der Waals surface area (Å²) in [6.45, 7) is 1.86. The van der Waals surface area contributed by atoms with Crippen molar-refractivity contribution in [3.8, 4) is 0 Å². The van der Waals surface area contributed by atoms with Crippen molar-refractivity contribution in [2.24, 2.45) is 0 Å². The van der Waals surface area contributed by atoms with Crippen LogP contribution in [0.4, 0.5) is 11.4 Å². The predicted octanol–water partition coefficient (Wildman–Crippen LogP) is 4.25. The molecule has 0 aliphatic rings. The molecule has 0 atom stereocenters. The zero-order chi connectivity index (χ0) is 14.0. The Hall–Kier alpha value is -1.52. The molecule has 3 N–H and O–H groups in total. The molecule has 5 heteroatoms. The Morgan fingerprint density at radius 3 is 2.63 bits per heavy atom. The van der Waals surface area contributed by atoms with Crippen LogP contribution in [-0.2, 0) is 0 Å². The summed E-state index contributed by atoms with van der Waals surface area (Å²) in [6, 6.07) is 10.4. The molecule has 98 valence electrons. The molecule has 0 heterocycles. The van der Waals surface area contributed by atoms with Crippen LogP contribution in [0, 0.1) is 6.92 Å². The zero-order valence-electron chi connectivity index (χ0n) is 10.2. The van der Waals surface area contributed by atoms with Crippen molar-refractivity contribution in [2.75, 3.05) is 11.1 Å². The molecule has 0 fully saturated rings. The largest absolute Gasteiger partial charge is 0.398 e. The van der Waals surface area contributed by atoms with Gasteiger partial charge in [0.15, 0.2) is 0 Å². The maximum atomic E-state index is 12.1. The average Bonchev–Trinajstić information content (AvgIpc) is 2.37. The third-order valence-electron chi connectivity index (χ3n) is 2.67. The highest BCUT2D eigenvalue weighted by atomic mass is 79.9. The maximum Gasteiger partial charge on any atom is 0.255 e. The summed E-state index contributed by atoms with van der Waals surface area (Å²) >= 11 is 9.24. The minimum atomic E-state index is -0.193. The Labute approximate surface area is 124 Å². The number of halogens is 2. The topological polar surface area (TPSA) is 55.1 Å². The molecule has 1 amide bonds. The minimum absolute atomic E-state index is 0.193. The molecule has 0 unspecified atom stereocenters. The standard InChI is InChI=1S/C14H12BrClN2O/c1-8-6-9(2-5-12(8)16)14(19)18-10-3-4-11(15)13(17)7-10/h2-7H,17H2,1H3,(H,18,19). The van der Waals surface area contributed by atoms with Gasteiger partial charge in [-0.1, -0.05) is 11.6 Å². The van der Waals surface area contributed by atoms with Gasteiger partial charge in [0.25, 0.3) is 5.91 Å². The summed E-state index contributed by atoms with van der Waals surface area (Å²) in [7, 11) is 0. The summed E-state index contributed by atoms with van der Waals surface area (Å²) in [5.74, 6) is -0.193. The molecular formula is C14H12BrClN2O. The van der Waals surface area contributed by atoms with Crippen LogP contribution in [-0.4, -0.2) is 5.91 Å². The number of aryl methyl sites for hydroxylation is 1. The van der Waals surface area contributed by atoms with E-state index in [9.17, 15) is 4.79 Å². The fraction of sp³-hybridized carbons (Fsp3) is 0.0714. The van der Waals surface area contributed by atoms with Crippen LogP contribution in [0.3, 0.4) is 0 Å². The molecule has 2 rings (SSSR count). The van der Waals surface area contributed by atoms with Gasteiger partial charge in [-0.15, -0.1) is 0 Å². The summed E-state index contributed by atoms with van der Waals surface area (Å²) in [5.41, 5.74) is 8.41. The first kappa shape index (κ1) is 13.9. The lowest BCUT2D eigenvalue weighted by Gasteiger charge is -2.08. The highest BCUT2D eigenvalue weighted by molar-refractivity contribution is 9.10. The van der Waals surface area contributed by atoms with E-state index in [2.05, 4.69) is 21.2 Å². The van der Waals surface area contributed by atoms with Crippen LogP contribution < -0.4 is 11.1 Å². The first-order valence-electron chi connectivity index (χ1n) is 5.60. The second-order valence-electron chi connectivity index (χ2n) is 4.15. The molecule has 3 nitrogen and oxygen atoms in total. The lowest BCUT2D eigenvalue weighted by Crippen LogP contribution is -2.12. The molecule has 0 radical (unpaired) electrons. The monoisotopic (exact) mass is 338 g/mol. The van der Waals surface area contributed by atoms with Gasteiger partial charge in [-0.25, -0.2) is 0 Å². The molecule has 0 saturated carbocycles. The Morgan fingerprint density at radius 2 is 2.00 bits per heavy atom. The smallest absolute Gasteiger partial charge is 0.255 e. The van der Waals surface area contributed by atoms with Crippen LogP contribution >= 0.6 is 27.5 Å². The Bertz CT molecular complexity index is 643. The second kappa shape index (κ2) is 5.63. The number of rotatable bonds is 2. The summed E-state index contributed by atoms with van der Waals surface area (Å²) in [4.78, 5) is 12.1. The first-order chi connectivity index (χ1) is 8.97. The van der Waals surface area contributed by atoms with E-state index in [0.29, 0.717) is 22.0 Å². The van der Waals surface area contributed by atoms with E-state index in [-0.39, 0.29) is 5.91 Å². The number of carbonyl (C=O) groups is 1. The predicted molar refractivity (Wildman–Crippen MR) is 82.7 cm³/mol. The highest BCUT2D eigenvalue weighted by Gasteiger charge is 2.08. The average molecular weight is 340 g/mol. The number of carbonyl (C=O) groups excluding carboxylic acids is 1. The number of nitrogen functional groups attached to an aromatic ring is 1. The van der Waals surface area contributed by atoms with Gasteiger partial charge < -0.3 is 11.1 Å². The molecule has 19 heavy (non-hydrogen) atoms. The molecule has 2 aromatic rings. The van der Waals surface area contributed by atoms with Gasteiger partial charge in [-0.3, -0.25) is 4.79 Å². The lowest BCUT2D eigenvalue weighted by atomic mass is 10.1. The zero-order valence-corrected chi connectivity index (χ0v) is 12.5. The highest BCUT2D eigenvalue weighted by Crippen LogP contribution is 2.23. The number of amides is 1. The first-order valence-corrected chi connectivity index (χ1v) is 6.77. The summed E-state index contributed by atoms with van der Waals surface area (Å²) in [6.07, 6.45) is 0. The molecule has 0 aliphatic carbocycles. The van der Waals surface area contributed by atoms with Gasteiger partial charge in [0, 0.05) is 26.4 Å². The van der Waals surface area contributed by atoms with Gasteiger partial charge in [-0.05, 0) is 64.8 Å². The van der Waals surface area contributed by atoms with Gasteiger partial charge in [0.2, 0.25) is 0 Å². The van der Waals surface area contributed by atoms with Gasteiger partial charge in [0.1, 0.15) is 0 Å². The van der Waals surface area contributed by atoms with Gasteiger partial charge in [0.05, 0.1) is 0 Å². The number of anilines is 2. The van der Waals surface area contributed by atoms with Crippen LogP contribution in [0.1, 0.15) is 15.9 Å². The minimum Gasteiger partial charge on any atom is -0.398 e. The number of nitrogens with one attached hydrogen (secondary N) is 1. The third kappa shape index (κ3) is 3.28. The number of hydrogen-bond acceptors (Lipinski definition) is 2. The van der Waals surface area contributed by atoms with E-state index in [4.69, 9.17) is 17.3 Å². The van der Waals surface area contributed by atoms with Crippen molar-refractivity contribution in [2.45, 2.75) is 6.92 Å². The van der Waals surface area contributed by atoms with E-state index in [1.165, 1.54) is 0 Å². The lowest BCUT2D eigenvalue weighted by molar-refractivity contribution is 0.102. The molecule has 0 saturated heterocycles. The molecular weight excluding hydrogens is 328 g/mol. The van der Waals surface area contributed by atoms with Crippen molar-refractivity contribution >= 4 is 44.8 Å². The van der Waals surface area contributed by atoms with E-state index in [1.54, 1.807) is 36.4 Å². The van der Waals surface area contributed by atoms with Crippen LogP contribution in [0.25, 0.3) is 0 Å². The maximum absolute atomic E-state index is 12.1. The van der Waals surface area contributed by atoms with E-state index < -0.39 is 0 Å². The van der Waals surface area contributed by atoms with Crippen molar-refractivity contribution in [3.05, 3.63) is 57.0 Å². The van der Waals surface area contributed by atoms with Gasteiger partial charge in [-0.2, -0.15) is 0 Å². The summed E-state index contributed by atoms with van der Waals surface area (Å²) in [5, 5.41) is 3.43. The van der Waals surface area contributed by atoms with Crippen molar-refractivity contribution < 1.29 is 4.79 Å². The second-order valence-corrected chi connectivity index (χ2v) is 5.42. The van der Waals surface area contributed by atoms with Crippen molar-refractivity contribution in [3.63, 3.8) is 0 Å². The Morgan fingerprint density at radius 1 is 1.26 bits per heavy atom. The summed E-state index contributed by atoms with van der Waals surface area (Å²) < 4.78 is 0.799. The number of benzene rings is 2. The van der Waals surface area contributed by atoms with Crippen LogP contribution in [0.2, 0.25) is 5.02 Å². The Kier molecular flexibility index (Phi) is 4.12. The molecule has 2 aromatic carbocycles.